The monoisotopic (exact) mass is 225 g/mol. The fourth-order valence-corrected chi connectivity index (χ4v) is 1.35. The molecule has 1 aromatic rings. The maximum absolute atomic E-state index is 10.5. The van der Waals surface area contributed by atoms with E-state index in [0.29, 0.717) is 12.1 Å². The minimum Gasteiger partial charge on any atom is -0.479 e. The fourth-order valence-electron chi connectivity index (χ4n) is 1.35. The van der Waals surface area contributed by atoms with Crippen molar-refractivity contribution in [3.05, 3.63) is 35.4 Å². The topological polar surface area (TPSA) is 89.8 Å². The summed E-state index contributed by atoms with van der Waals surface area (Å²) in [5.74, 6) is -1.44. The molecule has 16 heavy (non-hydrogen) atoms. The molecule has 0 amide bonds. The van der Waals surface area contributed by atoms with E-state index in [2.05, 4.69) is 5.32 Å². The van der Waals surface area contributed by atoms with Crippen molar-refractivity contribution < 1.29 is 20.1 Å². The van der Waals surface area contributed by atoms with Gasteiger partial charge in [-0.25, -0.2) is 4.79 Å². The van der Waals surface area contributed by atoms with Gasteiger partial charge >= 0.3 is 5.97 Å². The molecule has 0 aliphatic carbocycles. The number of rotatable bonds is 5. The van der Waals surface area contributed by atoms with E-state index in [1.165, 1.54) is 0 Å². The number of aliphatic hydroxyl groups excluding tert-OH is 2. The summed E-state index contributed by atoms with van der Waals surface area (Å²) in [5.41, 5.74) is 1.40. The Kier molecular flexibility index (Phi) is 4.42. The van der Waals surface area contributed by atoms with Crippen LogP contribution in [0.1, 0.15) is 17.2 Å². The van der Waals surface area contributed by atoms with Crippen LogP contribution in [-0.4, -0.2) is 34.4 Å². The Hall–Kier alpha value is -1.43. The summed E-state index contributed by atoms with van der Waals surface area (Å²) in [7, 11) is 1.82. The van der Waals surface area contributed by atoms with Gasteiger partial charge in [0, 0.05) is 6.54 Å². The van der Waals surface area contributed by atoms with Crippen LogP contribution < -0.4 is 5.32 Å². The van der Waals surface area contributed by atoms with E-state index < -0.39 is 18.2 Å². The third-order valence-electron chi connectivity index (χ3n) is 2.25. The highest BCUT2D eigenvalue weighted by Gasteiger charge is 2.24. The molecule has 1 rings (SSSR count). The highest BCUT2D eigenvalue weighted by atomic mass is 16.4. The van der Waals surface area contributed by atoms with E-state index in [-0.39, 0.29) is 0 Å². The van der Waals surface area contributed by atoms with Crippen molar-refractivity contribution in [1.82, 2.24) is 5.32 Å². The lowest BCUT2D eigenvalue weighted by molar-refractivity contribution is -0.153. The zero-order valence-corrected chi connectivity index (χ0v) is 8.92. The Morgan fingerprint density at radius 1 is 1.31 bits per heavy atom. The van der Waals surface area contributed by atoms with Crippen LogP contribution in [0, 0.1) is 0 Å². The third-order valence-corrected chi connectivity index (χ3v) is 2.25. The van der Waals surface area contributed by atoms with Gasteiger partial charge in [-0.05, 0) is 18.2 Å². The molecule has 0 aromatic heterocycles. The van der Waals surface area contributed by atoms with Crippen LogP contribution in [-0.2, 0) is 11.3 Å². The molecule has 0 fully saturated rings. The SMILES string of the molecule is CNCc1ccc(C(O)C(O)C(=O)O)cc1. The predicted octanol–water partition coefficient (Wildman–Crippen LogP) is -0.115. The number of carboxylic acids is 1. The van der Waals surface area contributed by atoms with Crippen molar-refractivity contribution in [3.8, 4) is 0 Å². The average Bonchev–Trinajstić information content (AvgIpc) is 2.28. The quantitative estimate of drug-likeness (QED) is 0.561. The number of carboxylic acid groups (broad SMARTS) is 1. The van der Waals surface area contributed by atoms with Crippen molar-refractivity contribution in [1.29, 1.82) is 0 Å². The lowest BCUT2D eigenvalue weighted by Crippen LogP contribution is -2.27. The first-order valence-corrected chi connectivity index (χ1v) is 4.88. The Labute approximate surface area is 93.4 Å². The minimum absolute atomic E-state index is 0.384. The lowest BCUT2D eigenvalue weighted by Gasteiger charge is -2.14. The summed E-state index contributed by atoms with van der Waals surface area (Å²) >= 11 is 0. The second kappa shape index (κ2) is 5.60. The molecule has 2 unspecified atom stereocenters. The van der Waals surface area contributed by atoms with Gasteiger partial charge in [-0.1, -0.05) is 24.3 Å². The van der Waals surface area contributed by atoms with Crippen molar-refractivity contribution in [2.24, 2.45) is 0 Å². The van der Waals surface area contributed by atoms with Crippen LogP contribution >= 0.6 is 0 Å². The summed E-state index contributed by atoms with van der Waals surface area (Å²) in [5, 5.41) is 30.2. The molecule has 5 heteroatoms. The molecule has 2 atom stereocenters. The van der Waals surface area contributed by atoms with E-state index in [9.17, 15) is 9.90 Å². The van der Waals surface area contributed by atoms with Gasteiger partial charge in [0.2, 0.25) is 0 Å². The number of carbonyl (C=O) groups is 1. The number of benzene rings is 1. The molecule has 0 aliphatic heterocycles. The van der Waals surface area contributed by atoms with Gasteiger partial charge < -0.3 is 20.6 Å². The molecule has 5 nitrogen and oxygen atoms in total. The van der Waals surface area contributed by atoms with Crippen LogP contribution in [0.5, 0.6) is 0 Å². The molecular formula is C11H15NO4. The van der Waals surface area contributed by atoms with Crippen molar-refractivity contribution in [2.45, 2.75) is 18.8 Å². The van der Waals surface area contributed by atoms with Gasteiger partial charge in [0.15, 0.2) is 6.10 Å². The molecule has 0 heterocycles. The van der Waals surface area contributed by atoms with E-state index in [4.69, 9.17) is 10.2 Å². The third kappa shape index (κ3) is 3.03. The first kappa shape index (κ1) is 12.6. The fraction of sp³-hybridized carbons (Fsp3) is 0.364. The van der Waals surface area contributed by atoms with E-state index in [1.54, 1.807) is 24.3 Å². The average molecular weight is 225 g/mol. The van der Waals surface area contributed by atoms with Gasteiger partial charge in [-0.2, -0.15) is 0 Å². The normalized spacial score (nSPS) is 14.4. The van der Waals surface area contributed by atoms with E-state index >= 15 is 0 Å². The second-order valence-corrected chi connectivity index (χ2v) is 3.50. The predicted molar refractivity (Wildman–Crippen MR) is 57.8 cm³/mol. The molecule has 0 aliphatic rings. The molecular weight excluding hydrogens is 210 g/mol. The van der Waals surface area contributed by atoms with E-state index in [0.717, 1.165) is 5.56 Å². The highest BCUT2D eigenvalue weighted by Crippen LogP contribution is 2.17. The first-order valence-electron chi connectivity index (χ1n) is 4.88. The number of nitrogens with one attached hydrogen (secondary N) is 1. The molecule has 0 radical (unpaired) electrons. The first-order chi connectivity index (χ1) is 7.56. The molecule has 1 aromatic carbocycles. The Balaban J connectivity index is 2.77. The Bertz CT molecular complexity index is 350. The standard InChI is InChI=1S/C11H15NO4/c1-12-6-7-2-4-8(5-3-7)9(13)10(14)11(15)16/h2-5,9-10,12-14H,6H2,1H3,(H,15,16). The maximum Gasteiger partial charge on any atom is 0.335 e. The molecule has 0 bridgehead atoms. The van der Waals surface area contributed by atoms with Crippen LogP contribution in [0.15, 0.2) is 24.3 Å². The molecule has 0 spiro atoms. The number of hydrogen-bond donors (Lipinski definition) is 4. The maximum atomic E-state index is 10.5. The van der Waals surface area contributed by atoms with Crippen LogP contribution in [0.3, 0.4) is 0 Å². The van der Waals surface area contributed by atoms with Crippen molar-refractivity contribution >= 4 is 5.97 Å². The van der Waals surface area contributed by atoms with Crippen molar-refractivity contribution in [2.75, 3.05) is 7.05 Å². The highest BCUT2D eigenvalue weighted by molar-refractivity contribution is 5.73. The van der Waals surface area contributed by atoms with Crippen LogP contribution in [0.4, 0.5) is 0 Å². The van der Waals surface area contributed by atoms with Crippen LogP contribution in [0.25, 0.3) is 0 Å². The minimum atomic E-state index is -1.80. The summed E-state index contributed by atoms with van der Waals surface area (Å²) in [6, 6.07) is 6.74. The number of hydrogen-bond acceptors (Lipinski definition) is 4. The van der Waals surface area contributed by atoms with Gasteiger partial charge in [-0.15, -0.1) is 0 Å². The van der Waals surface area contributed by atoms with Gasteiger partial charge in [0.25, 0.3) is 0 Å². The lowest BCUT2D eigenvalue weighted by atomic mass is 10.0. The van der Waals surface area contributed by atoms with Gasteiger partial charge in [-0.3, -0.25) is 0 Å². The van der Waals surface area contributed by atoms with E-state index in [1.807, 2.05) is 7.05 Å². The Morgan fingerprint density at radius 2 is 1.88 bits per heavy atom. The molecule has 0 saturated carbocycles. The molecule has 4 N–H and O–H groups in total. The number of aliphatic hydroxyl groups is 2. The summed E-state index contributed by atoms with van der Waals surface area (Å²) < 4.78 is 0. The van der Waals surface area contributed by atoms with Crippen molar-refractivity contribution in [3.63, 3.8) is 0 Å². The summed E-state index contributed by atoms with van der Waals surface area (Å²) in [6.45, 7) is 0.692. The second-order valence-electron chi connectivity index (χ2n) is 3.50. The summed E-state index contributed by atoms with van der Waals surface area (Å²) in [6.07, 6.45) is -3.20. The van der Waals surface area contributed by atoms with Gasteiger partial charge in [0.05, 0.1) is 0 Å². The Morgan fingerprint density at radius 3 is 2.31 bits per heavy atom. The summed E-state index contributed by atoms with van der Waals surface area (Å²) in [4.78, 5) is 10.5. The zero-order valence-electron chi connectivity index (χ0n) is 8.92. The number of aliphatic carboxylic acids is 1. The molecule has 88 valence electrons. The van der Waals surface area contributed by atoms with Gasteiger partial charge in [0.1, 0.15) is 6.10 Å². The zero-order chi connectivity index (χ0) is 12.1. The molecule has 0 saturated heterocycles. The largest absolute Gasteiger partial charge is 0.479 e. The van der Waals surface area contributed by atoms with Crippen LogP contribution in [0.2, 0.25) is 0 Å². The smallest absolute Gasteiger partial charge is 0.335 e.